The number of carbonyl (C=O) groups is 2. The summed E-state index contributed by atoms with van der Waals surface area (Å²) in [6.45, 7) is 2.25. The molecule has 0 aliphatic carbocycles. The van der Waals surface area contributed by atoms with Gasteiger partial charge in [-0.3, -0.25) is 14.7 Å². The summed E-state index contributed by atoms with van der Waals surface area (Å²) in [5.41, 5.74) is 0. The molecule has 0 aromatic rings. The van der Waals surface area contributed by atoms with E-state index in [1.54, 1.807) is 4.90 Å². The zero-order chi connectivity index (χ0) is 15.6. The van der Waals surface area contributed by atoms with Crippen LogP contribution in [0.2, 0.25) is 0 Å². The summed E-state index contributed by atoms with van der Waals surface area (Å²) < 4.78 is 5.06. The van der Waals surface area contributed by atoms with Crippen molar-refractivity contribution in [2.24, 2.45) is 0 Å². The van der Waals surface area contributed by atoms with Gasteiger partial charge in [0.1, 0.15) is 12.9 Å². The van der Waals surface area contributed by atoms with Gasteiger partial charge in [0.25, 0.3) is 0 Å². The summed E-state index contributed by atoms with van der Waals surface area (Å²) in [5, 5.41) is 18.3. The predicted molar refractivity (Wildman–Crippen MR) is 72.0 cm³/mol. The van der Waals surface area contributed by atoms with Gasteiger partial charge in [-0.2, -0.15) is 0 Å². The average molecular weight is 302 g/mol. The molecule has 9 nitrogen and oxygen atoms in total. The standard InChI is InChI=1S/C12H22N4O5/c1-3-13-9-10(14(4-6-17)11(13)19)15(5-7-18)12(20)16(9)8-21-2/h9-10,17-18H,3-8H2,1-2H3. The number of nitrogens with zero attached hydrogens (tertiary/aromatic N) is 4. The second kappa shape index (κ2) is 6.46. The summed E-state index contributed by atoms with van der Waals surface area (Å²) in [6.07, 6.45) is -0.979. The lowest BCUT2D eigenvalue weighted by Gasteiger charge is -2.28. The molecular weight excluding hydrogens is 280 g/mol. The normalized spacial score (nSPS) is 25.3. The van der Waals surface area contributed by atoms with Crippen LogP contribution in [0.5, 0.6) is 0 Å². The Bertz CT molecular complexity index is 403. The molecule has 2 aliphatic rings. The van der Waals surface area contributed by atoms with E-state index in [9.17, 15) is 19.8 Å². The number of urea groups is 2. The molecule has 2 fully saturated rings. The van der Waals surface area contributed by atoms with E-state index in [0.29, 0.717) is 6.54 Å². The van der Waals surface area contributed by atoms with Crippen molar-refractivity contribution in [3.8, 4) is 0 Å². The topological polar surface area (TPSA) is 96.8 Å². The van der Waals surface area contributed by atoms with Crippen LogP contribution in [0.4, 0.5) is 9.59 Å². The van der Waals surface area contributed by atoms with Gasteiger partial charge in [-0.15, -0.1) is 0 Å². The van der Waals surface area contributed by atoms with E-state index < -0.39 is 12.3 Å². The molecule has 2 atom stereocenters. The summed E-state index contributed by atoms with van der Waals surface area (Å²) in [7, 11) is 1.48. The molecule has 9 heteroatoms. The molecule has 0 spiro atoms. The summed E-state index contributed by atoms with van der Waals surface area (Å²) in [5.74, 6) is 0. The Morgan fingerprint density at radius 3 is 1.86 bits per heavy atom. The fraction of sp³-hybridized carbons (Fsp3) is 0.833. The minimum Gasteiger partial charge on any atom is -0.395 e. The number of carbonyl (C=O) groups excluding carboxylic acids is 2. The van der Waals surface area contributed by atoms with E-state index in [0.717, 1.165) is 0 Å². The van der Waals surface area contributed by atoms with Crippen molar-refractivity contribution < 1.29 is 24.5 Å². The Morgan fingerprint density at radius 1 is 0.952 bits per heavy atom. The number of hydrogen-bond donors (Lipinski definition) is 2. The minimum absolute atomic E-state index is 0.0681. The van der Waals surface area contributed by atoms with Crippen LogP contribution in [0, 0.1) is 0 Å². The van der Waals surface area contributed by atoms with E-state index in [2.05, 4.69) is 0 Å². The number of aliphatic hydroxyl groups is 2. The SMILES string of the molecule is CCN1C(=O)N(CCO)C2C1N(COC)C(=O)N2CCO. The van der Waals surface area contributed by atoms with E-state index in [4.69, 9.17) is 4.74 Å². The molecular formula is C12H22N4O5. The molecule has 2 N–H and O–H groups in total. The number of amides is 4. The van der Waals surface area contributed by atoms with Gasteiger partial charge >= 0.3 is 12.1 Å². The summed E-state index contributed by atoms with van der Waals surface area (Å²) >= 11 is 0. The lowest BCUT2D eigenvalue weighted by atomic mass is 10.3. The molecule has 2 saturated heterocycles. The molecule has 0 aromatic heterocycles. The van der Waals surface area contributed by atoms with Crippen LogP contribution in [-0.4, -0.2) is 101 Å². The first kappa shape index (κ1) is 15.8. The first-order valence-corrected chi connectivity index (χ1v) is 6.97. The molecule has 0 bridgehead atoms. The summed E-state index contributed by atoms with van der Waals surface area (Å²) in [4.78, 5) is 30.8. The number of fused-ring (bicyclic) bond motifs is 1. The largest absolute Gasteiger partial charge is 0.395 e. The molecule has 0 aromatic carbocycles. The molecule has 0 radical (unpaired) electrons. The van der Waals surface area contributed by atoms with Crippen LogP contribution in [-0.2, 0) is 4.74 Å². The molecule has 21 heavy (non-hydrogen) atoms. The molecule has 2 heterocycles. The van der Waals surface area contributed by atoms with Crippen molar-refractivity contribution in [1.29, 1.82) is 0 Å². The second-order valence-corrected chi connectivity index (χ2v) is 4.90. The Labute approximate surface area is 123 Å². The number of methoxy groups -OCH3 is 1. The van der Waals surface area contributed by atoms with Gasteiger partial charge in [-0.25, -0.2) is 9.59 Å². The lowest BCUT2D eigenvalue weighted by molar-refractivity contribution is 0.0358. The van der Waals surface area contributed by atoms with Crippen LogP contribution in [0.15, 0.2) is 0 Å². The van der Waals surface area contributed by atoms with Crippen LogP contribution in [0.3, 0.4) is 0 Å². The molecule has 2 rings (SSSR count). The van der Waals surface area contributed by atoms with Crippen LogP contribution in [0.1, 0.15) is 6.92 Å². The fourth-order valence-electron chi connectivity index (χ4n) is 3.03. The molecule has 2 unspecified atom stereocenters. The third-order valence-corrected chi connectivity index (χ3v) is 3.82. The monoisotopic (exact) mass is 302 g/mol. The smallest absolute Gasteiger partial charge is 0.325 e. The van der Waals surface area contributed by atoms with Crippen LogP contribution < -0.4 is 0 Å². The lowest BCUT2D eigenvalue weighted by Crippen LogP contribution is -2.48. The maximum Gasteiger partial charge on any atom is 0.325 e. The highest BCUT2D eigenvalue weighted by atomic mass is 16.5. The highest BCUT2D eigenvalue weighted by molar-refractivity contribution is 5.85. The van der Waals surface area contributed by atoms with Gasteiger partial charge in [0.2, 0.25) is 0 Å². The fourth-order valence-corrected chi connectivity index (χ4v) is 3.03. The average Bonchev–Trinajstić information content (AvgIpc) is 2.88. The van der Waals surface area contributed by atoms with Crippen molar-refractivity contribution in [1.82, 2.24) is 19.6 Å². The number of rotatable bonds is 7. The third-order valence-electron chi connectivity index (χ3n) is 3.82. The zero-order valence-electron chi connectivity index (χ0n) is 12.3. The first-order valence-electron chi connectivity index (χ1n) is 6.97. The van der Waals surface area contributed by atoms with Crippen molar-refractivity contribution in [2.75, 3.05) is 46.7 Å². The van der Waals surface area contributed by atoms with E-state index in [-0.39, 0.29) is 45.1 Å². The predicted octanol–water partition coefficient (Wildman–Crippen LogP) is -1.28. The highest BCUT2D eigenvalue weighted by Crippen LogP contribution is 2.34. The van der Waals surface area contributed by atoms with Gasteiger partial charge < -0.3 is 19.8 Å². The maximum atomic E-state index is 12.5. The van der Waals surface area contributed by atoms with E-state index in [1.165, 1.54) is 21.8 Å². The minimum atomic E-state index is -0.514. The highest BCUT2D eigenvalue weighted by Gasteiger charge is 2.58. The van der Waals surface area contributed by atoms with Crippen LogP contribution >= 0.6 is 0 Å². The van der Waals surface area contributed by atoms with Gasteiger partial charge in [-0.05, 0) is 6.92 Å². The Kier molecular flexibility index (Phi) is 4.86. The number of hydrogen-bond acceptors (Lipinski definition) is 5. The van der Waals surface area contributed by atoms with Gasteiger partial charge in [0, 0.05) is 26.7 Å². The molecule has 4 amide bonds. The number of ether oxygens (including phenoxy) is 1. The number of β-amino-alcohol motifs (C(OH)–C–C–N with tert-alkyl or cyclic N) is 2. The van der Waals surface area contributed by atoms with Gasteiger partial charge in [0.15, 0.2) is 6.17 Å². The Hall–Kier alpha value is -1.58. The molecule has 2 aliphatic heterocycles. The summed E-state index contributed by atoms with van der Waals surface area (Å²) in [6, 6.07) is -0.507. The third kappa shape index (κ3) is 2.41. The quantitative estimate of drug-likeness (QED) is 0.611. The maximum absolute atomic E-state index is 12.5. The van der Waals surface area contributed by atoms with Crippen molar-refractivity contribution in [3.63, 3.8) is 0 Å². The van der Waals surface area contributed by atoms with Crippen molar-refractivity contribution in [2.45, 2.75) is 19.3 Å². The van der Waals surface area contributed by atoms with E-state index >= 15 is 0 Å². The number of likely N-dealkylation sites (N-methyl/N-ethyl adjacent to an activating group) is 1. The van der Waals surface area contributed by atoms with Crippen molar-refractivity contribution >= 4 is 12.1 Å². The Balaban J connectivity index is 2.36. The van der Waals surface area contributed by atoms with Crippen LogP contribution in [0.25, 0.3) is 0 Å². The second-order valence-electron chi connectivity index (χ2n) is 4.90. The van der Waals surface area contributed by atoms with Crippen molar-refractivity contribution in [3.05, 3.63) is 0 Å². The number of aliphatic hydroxyl groups excluding tert-OH is 2. The molecule has 0 saturated carbocycles. The van der Waals surface area contributed by atoms with Gasteiger partial charge in [0.05, 0.1) is 13.2 Å². The Morgan fingerprint density at radius 2 is 1.43 bits per heavy atom. The van der Waals surface area contributed by atoms with Gasteiger partial charge in [-0.1, -0.05) is 0 Å². The first-order chi connectivity index (χ1) is 10.1. The van der Waals surface area contributed by atoms with E-state index in [1.807, 2.05) is 6.92 Å². The molecule has 120 valence electrons. The zero-order valence-corrected chi connectivity index (χ0v) is 12.3.